The van der Waals surface area contributed by atoms with Gasteiger partial charge in [-0.05, 0) is 70.4 Å². The zero-order chi connectivity index (χ0) is 26.4. The van der Waals surface area contributed by atoms with Gasteiger partial charge in [0.05, 0.1) is 25.0 Å². The van der Waals surface area contributed by atoms with Crippen molar-refractivity contribution in [3.8, 4) is 5.88 Å². The van der Waals surface area contributed by atoms with Crippen molar-refractivity contribution < 1.29 is 27.5 Å². The summed E-state index contributed by atoms with van der Waals surface area (Å²) >= 11 is 0. The second kappa shape index (κ2) is 9.51. The molecule has 5 rings (SSSR count). The molecule has 2 aromatic rings. The fourth-order valence-corrected chi connectivity index (χ4v) is 6.01. The van der Waals surface area contributed by atoms with E-state index in [2.05, 4.69) is 20.5 Å². The molecule has 13 heteroatoms. The molecule has 3 amide bonds. The van der Waals surface area contributed by atoms with Crippen molar-refractivity contribution in [3.05, 3.63) is 28.7 Å². The molecule has 0 spiro atoms. The third-order valence-electron chi connectivity index (χ3n) is 6.59. The van der Waals surface area contributed by atoms with E-state index in [-0.39, 0.29) is 29.8 Å². The summed E-state index contributed by atoms with van der Waals surface area (Å²) in [6, 6.07) is -0.829. The largest absolute Gasteiger partial charge is 0.476 e. The lowest BCUT2D eigenvalue weighted by Gasteiger charge is -2.26. The second-order valence-corrected chi connectivity index (χ2v) is 12.3. The fourth-order valence-electron chi connectivity index (χ4n) is 5.03. The minimum absolute atomic E-state index is 0.0551. The highest BCUT2D eigenvalue weighted by atomic mass is 32.2. The quantitative estimate of drug-likeness (QED) is 0.530. The van der Waals surface area contributed by atoms with Gasteiger partial charge in [-0.3, -0.25) is 4.98 Å². The van der Waals surface area contributed by atoms with E-state index < -0.39 is 27.7 Å². The third kappa shape index (κ3) is 5.36. The van der Waals surface area contributed by atoms with Gasteiger partial charge in [0.25, 0.3) is 10.0 Å². The zero-order valence-corrected chi connectivity index (χ0v) is 22.0. The maximum absolute atomic E-state index is 13.1. The van der Waals surface area contributed by atoms with Crippen molar-refractivity contribution in [1.82, 2.24) is 24.8 Å². The predicted molar refractivity (Wildman–Crippen MR) is 133 cm³/mol. The lowest BCUT2D eigenvalue weighted by atomic mass is 10.1. The monoisotopic (exact) mass is 532 g/mol. The van der Waals surface area contributed by atoms with Gasteiger partial charge in [-0.25, -0.2) is 27.4 Å². The highest BCUT2D eigenvalue weighted by Crippen LogP contribution is 2.36. The summed E-state index contributed by atoms with van der Waals surface area (Å²) in [6.07, 6.45) is 5.91. The average Bonchev–Trinajstić information content (AvgIpc) is 3.54. The Bertz CT molecular complexity index is 1310. The number of aryl methyl sites for hydroxylation is 2. The molecule has 1 atom stereocenters. The van der Waals surface area contributed by atoms with Crippen molar-refractivity contribution >= 4 is 27.8 Å². The number of sulfonamides is 1. The van der Waals surface area contributed by atoms with Crippen LogP contribution in [0.25, 0.3) is 0 Å². The number of amides is 3. The van der Waals surface area contributed by atoms with E-state index in [1.807, 2.05) is 0 Å². The summed E-state index contributed by atoms with van der Waals surface area (Å²) in [5, 5.41) is 9.63. The molecule has 0 aromatic carbocycles. The van der Waals surface area contributed by atoms with E-state index in [0.29, 0.717) is 12.2 Å². The lowest BCUT2D eigenvalue weighted by molar-refractivity contribution is 0.0502. The van der Waals surface area contributed by atoms with Crippen molar-refractivity contribution in [1.29, 1.82) is 0 Å². The smallest absolute Gasteiger partial charge is 0.407 e. The van der Waals surface area contributed by atoms with Gasteiger partial charge in [0, 0.05) is 23.9 Å². The number of ether oxygens (including phenoxy) is 2. The number of urea groups is 1. The number of nitrogens with zero attached hydrogens (tertiary/aromatic N) is 3. The van der Waals surface area contributed by atoms with E-state index >= 15 is 0 Å². The second-order valence-electron chi connectivity index (χ2n) is 10.7. The standard InChI is InChI=1S/C24H32N6O6S/c1-24(2,3)36-23(32)25-10-14-12-30-21(35-13-14)19(11-26-30)37(33,34)29-22(31)28-20-15-6-4-8-17(15)27-18-9-5-7-16(18)20/h11,14H,4-10,12-13H2,1-3H3,(H,25,32)(H2,27,28,29,31). The molecule has 0 radical (unpaired) electrons. The first kappa shape index (κ1) is 25.3. The Morgan fingerprint density at radius 1 is 1.14 bits per heavy atom. The van der Waals surface area contributed by atoms with Gasteiger partial charge in [0.15, 0.2) is 4.90 Å². The highest BCUT2D eigenvalue weighted by molar-refractivity contribution is 7.90. The minimum Gasteiger partial charge on any atom is -0.476 e. The molecular weight excluding hydrogens is 500 g/mol. The van der Waals surface area contributed by atoms with Crippen LogP contribution in [0.15, 0.2) is 11.1 Å². The van der Waals surface area contributed by atoms with E-state index in [0.717, 1.165) is 67.2 Å². The summed E-state index contributed by atoms with van der Waals surface area (Å²) in [5.41, 5.74) is 4.09. The van der Waals surface area contributed by atoms with Gasteiger partial charge >= 0.3 is 12.1 Å². The number of fused-ring (bicyclic) bond motifs is 3. The van der Waals surface area contributed by atoms with Gasteiger partial charge in [-0.2, -0.15) is 5.10 Å². The first-order valence-corrected chi connectivity index (χ1v) is 14.0. The molecule has 2 aromatic heterocycles. The van der Waals surface area contributed by atoms with Crippen molar-refractivity contribution in [2.75, 3.05) is 18.5 Å². The summed E-state index contributed by atoms with van der Waals surface area (Å²) in [4.78, 5) is 29.3. The Balaban J connectivity index is 1.24. The SMILES string of the molecule is CC(C)(C)OC(=O)NCC1COc2c(S(=O)(=O)NC(=O)Nc3c4c(nc5c3CCC5)CCC4)cnn2C1. The average molecular weight is 533 g/mol. The number of carbonyl (C=O) groups is 2. The maximum atomic E-state index is 13.1. The molecule has 2 aliphatic carbocycles. The number of nitrogens with one attached hydrogen (secondary N) is 3. The molecule has 3 aliphatic rings. The number of carbonyl (C=O) groups excluding carboxylic acids is 2. The van der Waals surface area contributed by atoms with Crippen molar-refractivity contribution in [2.24, 2.45) is 5.92 Å². The van der Waals surface area contributed by atoms with E-state index in [1.54, 1.807) is 20.8 Å². The number of aromatic nitrogens is 3. The zero-order valence-electron chi connectivity index (χ0n) is 21.2. The Morgan fingerprint density at radius 2 is 1.81 bits per heavy atom. The first-order valence-electron chi connectivity index (χ1n) is 12.5. The number of alkyl carbamates (subject to hydrolysis) is 1. The van der Waals surface area contributed by atoms with Crippen molar-refractivity contribution in [3.63, 3.8) is 0 Å². The molecular formula is C24H32N6O6S. The Morgan fingerprint density at radius 3 is 2.46 bits per heavy atom. The molecule has 1 aliphatic heterocycles. The molecule has 3 N–H and O–H groups in total. The van der Waals surface area contributed by atoms with Gasteiger partial charge in [0.2, 0.25) is 5.88 Å². The number of pyridine rings is 1. The van der Waals surface area contributed by atoms with Crippen LogP contribution in [-0.4, -0.2) is 54.1 Å². The fraction of sp³-hybridized carbons (Fsp3) is 0.583. The van der Waals surface area contributed by atoms with Crippen LogP contribution in [-0.2, 0) is 47.0 Å². The summed E-state index contributed by atoms with van der Waals surface area (Å²) in [5.74, 6) is -0.0814. The number of rotatable bonds is 5. The molecule has 3 heterocycles. The van der Waals surface area contributed by atoms with Crippen LogP contribution < -0.4 is 20.1 Å². The summed E-state index contributed by atoms with van der Waals surface area (Å²) in [6.45, 7) is 6.11. The minimum atomic E-state index is -4.25. The number of hydrogen-bond acceptors (Lipinski definition) is 8. The third-order valence-corrected chi connectivity index (χ3v) is 7.90. The number of hydrogen-bond donors (Lipinski definition) is 3. The van der Waals surface area contributed by atoms with Crippen LogP contribution in [0.4, 0.5) is 15.3 Å². The Kier molecular flexibility index (Phi) is 6.50. The van der Waals surface area contributed by atoms with Gasteiger partial charge < -0.3 is 20.1 Å². The van der Waals surface area contributed by atoms with Crippen LogP contribution >= 0.6 is 0 Å². The van der Waals surface area contributed by atoms with Crippen LogP contribution in [0.2, 0.25) is 0 Å². The Labute approximate surface area is 215 Å². The molecule has 0 bridgehead atoms. The molecule has 1 unspecified atom stereocenters. The van der Waals surface area contributed by atoms with Crippen LogP contribution in [0.5, 0.6) is 5.88 Å². The highest BCUT2D eigenvalue weighted by Gasteiger charge is 2.32. The molecule has 0 saturated heterocycles. The van der Waals surface area contributed by atoms with Crippen LogP contribution in [0.3, 0.4) is 0 Å². The Hall–Kier alpha value is -3.35. The van der Waals surface area contributed by atoms with Gasteiger partial charge in [-0.15, -0.1) is 0 Å². The molecule has 0 fully saturated rings. The van der Waals surface area contributed by atoms with Gasteiger partial charge in [-0.1, -0.05) is 0 Å². The summed E-state index contributed by atoms with van der Waals surface area (Å²) < 4.78 is 40.6. The topological polar surface area (TPSA) is 154 Å². The number of anilines is 1. The first-order chi connectivity index (χ1) is 17.5. The van der Waals surface area contributed by atoms with Crippen molar-refractivity contribution in [2.45, 2.75) is 76.3 Å². The predicted octanol–water partition coefficient (Wildman–Crippen LogP) is 2.30. The van der Waals surface area contributed by atoms with E-state index in [9.17, 15) is 18.0 Å². The van der Waals surface area contributed by atoms with E-state index in [4.69, 9.17) is 14.5 Å². The maximum Gasteiger partial charge on any atom is 0.407 e. The van der Waals surface area contributed by atoms with Crippen LogP contribution in [0.1, 0.15) is 56.1 Å². The molecule has 12 nitrogen and oxygen atoms in total. The normalized spacial score (nSPS) is 18.3. The van der Waals surface area contributed by atoms with Crippen LogP contribution in [0, 0.1) is 5.92 Å². The molecule has 37 heavy (non-hydrogen) atoms. The van der Waals surface area contributed by atoms with Gasteiger partial charge in [0.1, 0.15) is 5.60 Å². The lowest BCUT2D eigenvalue weighted by Crippen LogP contribution is -2.39. The molecule has 0 saturated carbocycles. The van der Waals surface area contributed by atoms with E-state index in [1.165, 1.54) is 4.68 Å². The summed E-state index contributed by atoms with van der Waals surface area (Å²) in [7, 11) is -4.25. The molecule has 200 valence electrons.